The molecule has 0 spiro atoms. The Morgan fingerprint density at radius 3 is 2.52 bits per heavy atom. The molecule has 0 saturated heterocycles. The quantitative estimate of drug-likeness (QED) is 0.728. The van der Waals surface area contributed by atoms with Crippen LogP contribution in [0.3, 0.4) is 0 Å². The average molecular weight is 366 g/mol. The molecule has 6 nitrogen and oxygen atoms in total. The monoisotopic (exact) mass is 366 g/mol. The van der Waals surface area contributed by atoms with Gasteiger partial charge in [-0.25, -0.2) is 9.07 Å². The lowest BCUT2D eigenvalue weighted by atomic mass is 10.2. The largest absolute Gasteiger partial charge is 0.343 e. The highest BCUT2D eigenvalue weighted by Gasteiger charge is 2.13. The third-order valence-corrected chi connectivity index (χ3v) is 4.01. The zero-order chi connectivity index (χ0) is 19.2. The van der Waals surface area contributed by atoms with Crippen molar-refractivity contribution in [1.29, 1.82) is 0 Å². The number of para-hydroxylation sites is 1. The van der Waals surface area contributed by atoms with Crippen molar-refractivity contribution in [3.05, 3.63) is 83.9 Å². The molecule has 0 bridgehead atoms. The molecule has 27 heavy (non-hydrogen) atoms. The molecular formula is C20H19FN4O2. The number of aromatic nitrogens is 2. The Kier molecular flexibility index (Phi) is 5.61. The van der Waals surface area contributed by atoms with Crippen molar-refractivity contribution in [2.24, 2.45) is 0 Å². The Bertz CT molecular complexity index is 923. The average Bonchev–Trinajstić information content (AvgIpc) is 3.15. The normalized spacial score (nSPS) is 10.4. The molecule has 3 rings (SSSR count). The first kappa shape index (κ1) is 18.3. The molecular weight excluding hydrogens is 347 g/mol. The minimum Gasteiger partial charge on any atom is -0.343 e. The number of carbonyl (C=O) groups excluding carboxylic acids is 2. The van der Waals surface area contributed by atoms with E-state index < -0.39 is 11.7 Å². The minimum absolute atomic E-state index is 0.139. The summed E-state index contributed by atoms with van der Waals surface area (Å²) in [6, 6.07) is 14.8. The van der Waals surface area contributed by atoms with Gasteiger partial charge < -0.3 is 10.2 Å². The smallest absolute Gasteiger partial charge is 0.251 e. The Morgan fingerprint density at radius 1 is 1.11 bits per heavy atom. The molecule has 0 fully saturated rings. The summed E-state index contributed by atoms with van der Waals surface area (Å²) in [6.45, 7) is 0.234. The fraction of sp³-hybridized carbons (Fsp3) is 0.150. The number of likely N-dealkylation sites (N-methyl/N-ethyl adjacent to an activating group) is 1. The third kappa shape index (κ3) is 4.78. The van der Waals surface area contributed by atoms with E-state index in [2.05, 4.69) is 10.4 Å². The second-order valence-electron chi connectivity index (χ2n) is 6.07. The third-order valence-electron chi connectivity index (χ3n) is 4.01. The summed E-state index contributed by atoms with van der Waals surface area (Å²) >= 11 is 0. The lowest BCUT2D eigenvalue weighted by molar-refractivity contribution is -0.129. The van der Waals surface area contributed by atoms with Crippen LogP contribution >= 0.6 is 0 Å². The zero-order valence-electron chi connectivity index (χ0n) is 14.8. The van der Waals surface area contributed by atoms with Crippen LogP contribution in [0.5, 0.6) is 0 Å². The molecule has 2 amide bonds. The molecule has 2 aromatic carbocycles. The van der Waals surface area contributed by atoms with Crippen LogP contribution in [0.25, 0.3) is 5.69 Å². The highest BCUT2D eigenvalue weighted by Crippen LogP contribution is 2.09. The van der Waals surface area contributed by atoms with Gasteiger partial charge in [0.1, 0.15) is 5.82 Å². The topological polar surface area (TPSA) is 67.2 Å². The van der Waals surface area contributed by atoms with E-state index in [0.717, 1.165) is 11.3 Å². The summed E-state index contributed by atoms with van der Waals surface area (Å²) in [5.41, 5.74) is 2.11. The van der Waals surface area contributed by atoms with Crippen molar-refractivity contribution in [3.8, 4) is 5.69 Å². The van der Waals surface area contributed by atoms with Crippen LogP contribution in [0, 0.1) is 5.82 Å². The van der Waals surface area contributed by atoms with Crippen molar-refractivity contribution >= 4 is 11.8 Å². The van der Waals surface area contributed by atoms with Crippen molar-refractivity contribution in [2.45, 2.75) is 6.54 Å². The van der Waals surface area contributed by atoms with E-state index in [9.17, 15) is 14.0 Å². The summed E-state index contributed by atoms with van der Waals surface area (Å²) < 4.78 is 14.6. The Morgan fingerprint density at radius 2 is 1.81 bits per heavy atom. The maximum atomic E-state index is 12.9. The summed E-state index contributed by atoms with van der Waals surface area (Å²) in [5.74, 6) is -1.08. The van der Waals surface area contributed by atoms with Crippen LogP contribution in [0.4, 0.5) is 4.39 Å². The SMILES string of the molecule is CN(Cc1cnn(-c2ccccc2)c1)C(=O)CNC(=O)c1ccc(F)cc1. The summed E-state index contributed by atoms with van der Waals surface area (Å²) in [7, 11) is 1.66. The fourth-order valence-electron chi connectivity index (χ4n) is 2.52. The van der Waals surface area contributed by atoms with E-state index >= 15 is 0 Å². The second-order valence-corrected chi connectivity index (χ2v) is 6.07. The van der Waals surface area contributed by atoms with Crippen molar-refractivity contribution in [1.82, 2.24) is 20.0 Å². The first-order chi connectivity index (χ1) is 13.0. The van der Waals surface area contributed by atoms with Gasteiger partial charge in [0.15, 0.2) is 0 Å². The number of benzene rings is 2. The molecule has 138 valence electrons. The van der Waals surface area contributed by atoms with E-state index in [0.29, 0.717) is 12.1 Å². The molecule has 0 saturated carbocycles. The molecule has 0 aliphatic heterocycles. The maximum Gasteiger partial charge on any atom is 0.251 e. The first-order valence-electron chi connectivity index (χ1n) is 8.39. The van der Waals surface area contributed by atoms with Crippen molar-refractivity contribution in [2.75, 3.05) is 13.6 Å². The molecule has 0 aliphatic carbocycles. The lowest BCUT2D eigenvalue weighted by Crippen LogP contribution is -2.37. The molecule has 7 heteroatoms. The number of amides is 2. The van der Waals surface area contributed by atoms with Gasteiger partial charge in [-0.15, -0.1) is 0 Å². The number of halogens is 1. The van der Waals surface area contributed by atoms with Crippen LogP contribution in [0.2, 0.25) is 0 Å². The van der Waals surface area contributed by atoms with Crippen LogP contribution in [0.1, 0.15) is 15.9 Å². The van der Waals surface area contributed by atoms with E-state index in [4.69, 9.17) is 0 Å². The summed E-state index contributed by atoms with van der Waals surface area (Å²) in [6.07, 6.45) is 3.56. The number of nitrogens with zero attached hydrogens (tertiary/aromatic N) is 3. The van der Waals surface area contributed by atoms with E-state index in [1.165, 1.54) is 29.2 Å². The molecule has 0 atom stereocenters. The second kappa shape index (κ2) is 8.27. The Balaban J connectivity index is 1.53. The molecule has 1 aromatic heterocycles. The zero-order valence-corrected chi connectivity index (χ0v) is 14.8. The van der Waals surface area contributed by atoms with Crippen LogP contribution < -0.4 is 5.32 Å². The Labute approximate surface area is 156 Å². The summed E-state index contributed by atoms with van der Waals surface area (Å²) in [5, 5.41) is 6.84. The number of carbonyl (C=O) groups is 2. The number of hydrogen-bond acceptors (Lipinski definition) is 3. The van der Waals surface area contributed by atoms with Crippen LogP contribution in [-0.4, -0.2) is 40.1 Å². The predicted octanol–water partition coefficient (Wildman–Crippen LogP) is 2.40. The number of rotatable bonds is 6. The lowest BCUT2D eigenvalue weighted by Gasteiger charge is -2.16. The molecule has 0 radical (unpaired) electrons. The van der Waals surface area contributed by atoms with Gasteiger partial charge in [-0.3, -0.25) is 9.59 Å². The molecule has 1 N–H and O–H groups in total. The molecule has 1 heterocycles. The van der Waals surface area contributed by atoms with Gasteiger partial charge in [0.25, 0.3) is 5.91 Å². The van der Waals surface area contributed by atoms with E-state index in [1.807, 2.05) is 36.5 Å². The highest BCUT2D eigenvalue weighted by atomic mass is 19.1. The van der Waals surface area contributed by atoms with Gasteiger partial charge in [0.2, 0.25) is 5.91 Å². The van der Waals surface area contributed by atoms with Gasteiger partial charge >= 0.3 is 0 Å². The van der Waals surface area contributed by atoms with Crippen LogP contribution in [-0.2, 0) is 11.3 Å². The van der Waals surface area contributed by atoms with Gasteiger partial charge in [-0.05, 0) is 36.4 Å². The van der Waals surface area contributed by atoms with Gasteiger partial charge in [-0.2, -0.15) is 5.10 Å². The standard InChI is InChI=1S/C20H19FN4O2/c1-24(13-15-11-23-25(14-15)18-5-3-2-4-6-18)19(26)12-22-20(27)16-7-9-17(21)10-8-16/h2-11,14H,12-13H2,1H3,(H,22,27). The van der Waals surface area contributed by atoms with E-state index in [1.54, 1.807) is 17.9 Å². The van der Waals surface area contributed by atoms with Crippen molar-refractivity contribution in [3.63, 3.8) is 0 Å². The number of nitrogens with one attached hydrogen (secondary N) is 1. The summed E-state index contributed by atoms with van der Waals surface area (Å²) in [4.78, 5) is 25.7. The highest BCUT2D eigenvalue weighted by molar-refractivity contribution is 5.96. The molecule has 0 aliphatic rings. The maximum absolute atomic E-state index is 12.9. The van der Waals surface area contributed by atoms with E-state index in [-0.39, 0.29) is 12.5 Å². The number of hydrogen-bond donors (Lipinski definition) is 1. The van der Waals surface area contributed by atoms with Gasteiger partial charge in [0.05, 0.1) is 18.4 Å². The van der Waals surface area contributed by atoms with Crippen molar-refractivity contribution < 1.29 is 14.0 Å². The molecule has 3 aromatic rings. The fourth-order valence-corrected chi connectivity index (χ4v) is 2.52. The Hall–Kier alpha value is -3.48. The van der Waals surface area contributed by atoms with Gasteiger partial charge in [0, 0.05) is 30.9 Å². The predicted molar refractivity (Wildman–Crippen MR) is 98.8 cm³/mol. The van der Waals surface area contributed by atoms with Gasteiger partial charge in [-0.1, -0.05) is 18.2 Å². The first-order valence-corrected chi connectivity index (χ1v) is 8.39. The minimum atomic E-state index is -0.423. The van der Waals surface area contributed by atoms with Crippen LogP contribution in [0.15, 0.2) is 67.0 Å². The molecule has 0 unspecified atom stereocenters.